The van der Waals surface area contributed by atoms with Gasteiger partial charge in [0, 0.05) is 19.5 Å². The lowest BCUT2D eigenvalue weighted by Gasteiger charge is -2.33. The maximum Gasteiger partial charge on any atom is 0.325 e. The Morgan fingerprint density at radius 2 is 1.89 bits per heavy atom. The van der Waals surface area contributed by atoms with E-state index >= 15 is 0 Å². The van der Waals surface area contributed by atoms with Crippen molar-refractivity contribution in [2.75, 3.05) is 12.8 Å². The van der Waals surface area contributed by atoms with Crippen LogP contribution in [-0.2, 0) is 37.3 Å². The lowest BCUT2D eigenvalue weighted by atomic mass is 9.96. The molecule has 27 heavy (non-hydrogen) atoms. The Morgan fingerprint density at radius 1 is 1.26 bits per heavy atom. The number of hydrogen-bond donors (Lipinski definition) is 2. The third-order valence-corrected chi connectivity index (χ3v) is 5.38. The van der Waals surface area contributed by atoms with Crippen LogP contribution >= 0.6 is 0 Å². The summed E-state index contributed by atoms with van der Waals surface area (Å²) >= 11 is 0. The smallest absolute Gasteiger partial charge is 0.325 e. The minimum absolute atomic E-state index is 0.0499. The van der Waals surface area contributed by atoms with Gasteiger partial charge in [0.2, 0.25) is 10.0 Å². The summed E-state index contributed by atoms with van der Waals surface area (Å²) in [6.07, 6.45) is -0.0854. The number of benzene rings is 1. The number of hydrogen-bond acceptors (Lipinski definition) is 6. The van der Waals surface area contributed by atoms with Gasteiger partial charge >= 0.3 is 12.0 Å². The SMILES string of the molecule is CCNC(=O)NC(=O)C(C)OC(=O)C1Cc2ccccc2CN1S(C)(=O)=O. The lowest BCUT2D eigenvalue weighted by molar-refractivity contribution is -0.158. The highest BCUT2D eigenvalue weighted by atomic mass is 32.2. The summed E-state index contributed by atoms with van der Waals surface area (Å²) in [7, 11) is -3.68. The van der Waals surface area contributed by atoms with Gasteiger partial charge in [-0.05, 0) is 25.0 Å². The van der Waals surface area contributed by atoms with E-state index in [2.05, 4.69) is 5.32 Å². The van der Waals surface area contributed by atoms with Crippen molar-refractivity contribution in [3.8, 4) is 0 Å². The van der Waals surface area contributed by atoms with Crippen LogP contribution in [0.5, 0.6) is 0 Å². The molecule has 0 radical (unpaired) electrons. The van der Waals surface area contributed by atoms with Gasteiger partial charge in [-0.3, -0.25) is 14.9 Å². The first-order valence-corrected chi connectivity index (χ1v) is 10.3. The van der Waals surface area contributed by atoms with E-state index in [0.29, 0.717) is 6.54 Å². The van der Waals surface area contributed by atoms with Gasteiger partial charge in [-0.15, -0.1) is 0 Å². The van der Waals surface area contributed by atoms with Crippen LogP contribution in [0.25, 0.3) is 0 Å². The molecule has 2 atom stereocenters. The molecular weight excluding hydrogens is 374 g/mol. The molecular formula is C17H23N3O6S. The number of ether oxygens (including phenoxy) is 1. The van der Waals surface area contributed by atoms with E-state index in [0.717, 1.165) is 21.7 Å². The molecule has 2 N–H and O–H groups in total. The number of amides is 3. The molecule has 0 spiro atoms. The number of sulfonamides is 1. The number of imide groups is 1. The van der Waals surface area contributed by atoms with Crippen molar-refractivity contribution in [2.45, 2.75) is 39.0 Å². The molecule has 0 fully saturated rings. The molecule has 2 rings (SSSR count). The average molecular weight is 397 g/mol. The van der Waals surface area contributed by atoms with Gasteiger partial charge in [-0.1, -0.05) is 24.3 Å². The first-order valence-electron chi connectivity index (χ1n) is 8.46. The van der Waals surface area contributed by atoms with Crippen molar-refractivity contribution in [3.63, 3.8) is 0 Å². The predicted octanol–water partition coefficient (Wildman–Crippen LogP) is 0.150. The number of esters is 1. The first-order chi connectivity index (χ1) is 12.6. The van der Waals surface area contributed by atoms with E-state index in [9.17, 15) is 22.8 Å². The summed E-state index contributed by atoms with van der Waals surface area (Å²) in [5, 5.41) is 4.43. The van der Waals surface area contributed by atoms with Gasteiger partial charge in [-0.25, -0.2) is 13.2 Å². The number of rotatable bonds is 5. The molecule has 0 aliphatic carbocycles. The van der Waals surface area contributed by atoms with E-state index in [1.165, 1.54) is 6.92 Å². The Labute approximate surface area is 158 Å². The van der Waals surface area contributed by atoms with Crippen LogP contribution in [0.1, 0.15) is 25.0 Å². The van der Waals surface area contributed by atoms with Crippen LogP contribution in [0.15, 0.2) is 24.3 Å². The number of fused-ring (bicyclic) bond motifs is 1. The Morgan fingerprint density at radius 3 is 2.48 bits per heavy atom. The molecule has 1 heterocycles. The zero-order chi connectivity index (χ0) is 20.2. The molecule has 1 aliphatic rings. The highest BCUT2D eigenvalue weighted by molar-refractivity contribution is 7.88. The Bertz CT molecular complexity index is 839. The van der Waals surface area contributed by atoms with E-state index in [1.807, 2.05) is 11.4 Å². The lowest BCUT2D eigenvalue weighted by Crippen LogP contribution is -2.51. The molecule has 9 nitrogen and oxygen atoms in total. The number of carbonyl (C=O) groups excluding carboxylic acids is 3. The molecule has 1 aromatic rings. The number of nitrogens with one attached hydrogen (secondary N) is 2. The highest BCUT2D eigenvalue weighted by Crippen LogP contribution is 2.26. The van der Waals surface area contributed by atoms with Gasteiger partial charge in [0.15, 0.2) is 6.10 Å². The largest absolute Gasteiger partial charge is 0.451 e. The standard InChI is InChI=1S/C17H23N3O6S/c1-4-18-17(23)19-15(21)11(2)26-16(22)14-9-12-7-5-6-8-13(12)10-20(14)27(3,24)25/h5-8,11,14H,4,9-10H2,1-3H3,(H2,18,19,21,23). The van der Waals surface area contributed by atoms with Crippen LogP contribution in [0, 0.1) is 0 Å². The number of nitrogens with zero attached hydrogens (tertiary/aromatic N) is 1. The van der Waals surface area contributed by atoms with Crippen molar-refractivity contribution in [3.05, 3.63) is 35.4 Å². The molecule has 148 valence electrons. The van der Waals surface area contributed by atoms with E-state index in [-0.39, 0.29) is 13.0 Å². The van der Waals surface area contributed by atoms with Gasteiger partial charge in [0.1, 0.15) is 6.04 Å². The van der Waals surface area contributed by atoms with Gasteiger partial charge in [0.05, 0.1) is 6.26 Å². The second-order valence-electron chi connectivity index (χ2n) is 6.22. The minimum atomic E-state index is -3.68. The molecule has 1 aliphatic heterocycles. The normalized spacial score (nSPS) is 18.1. The maximum absolute atomic E-state index is 12.6. The monoisotopic (exact) mass is 397 g/mol. The van der Waals surface area contributed by atoms with Crippen LogP contribution in [0.4, 0.5) is 4.79 Å². The summed E-state index contributed by atoms with van der Waals surface area (Å²) < 4.78 is 30.5. The van der Waals surface area contributed by atoms with Gasteiger partial charge in [0.25, 0.3) is 5.91 Å². The number of urea groups is 1. The molecule has 10 heteroatoms. The van der Waals surface area contributed by atoms with Crippen molar-refractivity contribution in [1.82, 2.24) is 14.9 Å². The summed E-state index contributed by atoms with van der Waals surface area (Å²) in [6.45, 7) is 3.38. The van der Waals surface area contributed by atoms with Crippen molar-refractivity contribution < 1.29 is 27.5 Å². The van der Waals surface area contributed by atoms with Crippen LogP contribution in [-0.4, -0.2) is 55.6 Å². The average Bonchev–Trinajstić information content (AvgIpc) is 2.59. The van der Waals surface area contributed by atoms with Crippen LogP contribution < -0.4 is 10.6 Å². The van der Waals surface area contributed by atoms with Crippen molar-refractivity contribution in [2.24, 2.45) is 0 Å². The predicted molar refractivity (Wildman–Crippen MR) is 97.1 cm³/mol. The second kappa shape index (κ2) is 8.49. The Balaban J connectivity index is 2.13. The van der Waals surface area contributed by atoms with Crippen LogP contribution in [0.3, 0.4) is 0 Å². The van der Waals surface area contributed by atoms with E-state index < -0.39 is 40.1 Å². The topological polar surface area (TPSA) is 122 Å². The molecule has 0 saturated carbocycles. The van der Waals surface area contributed by atoms with E-state index in [1.54, 1.807) is 25.1 Å². The molecule has 1 aromatic carbocycles. The third-order valence-electron chi connectivity index (χ3n) is 4.14. The fraction of sp³-hybridized carbons (Fsp3) is 0.471. The fourth-order valence-electron chi connectivity index (χ4n) is 2.77. The summed E-state index contributed by atoms with van der Waals surface area (Å²) in [5.74, 6) is -1.63. The van der Waals surface area contributed by atoms with Crippen LogP contribution in [0.2, 0.25) is 0 Å². The molecule has 2 unspecified atom stereocenters. The Hall–Kier alpha value is -2.46. The highest BCUT2D eigenvalue weighted by Gasteiger charge is 2.39. The van der Waals surface area contributed by atoms with Gasteiger partial charge in [-0.2, -0.15) is 4.31 Å². The van der Waals surface area contributed by atoms with Gasteiger partial charge < -0.3 is 10.1 Å². The third kappa shape index (κ3) is 5.27. The van der Waals surface area contributed by atoms with Crippen molar-refractivity contribution >= 4 is 27.9 Å². The Kier molecular flexibility index (Phi) is 6.55. The zero-order valence-electron chi connectivity index (χ0n) is 15.4. The summed E-state index contributed by atoms with van der Waals surface area (Å²) in [5.41, 5.74) is 1.66. The molecule has 0 aromatic heterocycles. The number of carbonyl (C=O) groups is 3. The molecule has 3 amide bonds. The summed E-state index contributed by atoms with van der Waals surface area (Å²) in [4.78, 5) is 35.9. The first kappa shape index (κ1) is 20.8. The molecule has 0 bridgehead atoms. The second-order valence-corrected chi connectivity index (χ2v) is 8.16. The fourth-order valence-corrected chi connectivity index (χ4v) is 3.77. The van der Waals surface area contributed by atoms with Crippen molar-refractivity contribution in [1.29, 1.82) is 0 Å². The minimum Gasteiger partial charge on any atom is -0.451 e. The maximum atomic E-state index is 12.6. The van der Waals surface area contributed by atoms with E-state index in [4.69, 9.17) is 4.74 Å². The summed E-state index contributed by atoms with van der Waals surface area (Å²) in [6, 6.07) is 5.45. The quantitative estimate of drug-likeness (QED) is 0.682. The molecule has 0 saturated heterocycles. The zero-order valence-corrected chi connectivity index (χ0v) is 16.2.